The van der Waals surface area contributed by atoms with Crippen molar-refractivity contribution in [3.05, 3.63) is 59.2 Å². The summed E-state index contributed by atoms with van der Waals surface area (Å²) in [5.74, 6) is -9.42. The monoisotopic (exact) mass is 334 g/mol. The lowest BCUT2D eigenvalue weighted by atomic mass is 10.2. The normalized spacial score (nSPS) is 11.5. The lowest BCUT2D eigenvalue weighted by Gasteiger charge is -2.13. The van der Waals surface area contributed by atoms with E-state index >= 15 is 0 Å². The third-order valence-electron chi connectivity index (χ3n) is 2.78. The van der Waals surface area contributed by atoms with E-state index in [0.717, 1.165) is 0 Å². The fourth-order valence-corrected chi connectivity index (χ4v) is 2.68. The van der Waals surface area contributed by atoms with Crippen LogP contribution in [0.5, 0.6) is 5.75 Å². The highest BCUT2D eigenvalue weighted by Crippen LogP contribution is 2.34. The van der Waals surface area contributed by atoms with Crippen LogP contribution in [0.15, 0.2) is 35.2 Å². The Morgan fingerprint density at radius 1 is 0.909 bits per heavy atom. The molecule has 0 spiro atoms. The third-order valence-corrected chi connectivity index (χ3v) is 3.89. The maximum Gasteiger partial charge on any atom is 0.205 e. The van der Waals surface area contributed by atoms with Gasteiger partial charge >= 0.3 is 0 Å². The molecular weight excluding hydrogens is 324 g/mol. The van der Waals surface area contributed by atoms with Crippen molar-refractivity contribution in [3.8, 4) is 5.75 Å². The minimum Gasteiger partial charge on any atom is -0.484 e. The summed E-state index contributed by atoms with van der Waals surface area (Å²) in [6.45, 7) is -0.342. The molecule has 8 heteroatoms. The van der Waals surface area contributed by atoms with Crippen LogP contribution in [0.25, 0.3) is 0 Å². The molecule has 0 N–H and O–H groups in total. The molecule has 0 saturated carbocycles. The summed E-state index contributed by atoms with van der Waals surface area (Å²) < 4.78 is 81.9. The summed E-state index contributed by atoms with van der Waals surface area (Å²) in [4.78, 5) is -1.35. The first-order valence-corrected chi connectivity index (χ1v) is 7.85. The minimum atomic E-state index is -4.38. The highest BCUT2D eigenvalue weighted by atomic mass is 32.2. The van der Waals surface area contributed by atoms with Crippen LogP contribution >= 0.6 is 0 Å². The number of sulfone groups is 1. The second kappa shape index (κ2) is 5.96. The van der Waals surface area contributed by atoms with E-state index in [4.69, 9.17) is 4.74 Å². The Hall–Kier alpha value is -2.09. The fourth-order valence-electron chi connectivity index (χ4n) is 1.78. The van der Waals surface area contributed by atoms with Crippen molar-refractivity contribution >= 4 is 9.84 Å². The highest BCUT2D eigenvalue weighted by molar-refractivity contribution is 7.90. The predicted octanol–water partition coefficient (Wildman–Crippen LogP) is 3.23. The van der Waals surface area contributed by atoms with E-state index in [1.54, 1.807) is 30.3 Å². The first-order valence-electron chi connectivity index (χ1n) is 5.96. The van der Waals surface area contributed by atoms with Crippen LogP contribution < -0.4 is 4.74 Å². The molecule has 0 heterocycles. The van der Waals surface area contributed by atoms with Crippen molar-refractivity contribution in [1.29, 1.82) is 0 Å². The van der Waals surface area contributed by atoms with Gasteiger partial charge in [-0.05, 0) is 5.56 Å². The number of hydrogen-bond donors (Lipinski definition) is 0. The van der Waals surface area contributed by atoms with Crippen molar-refractivity contribution in [3.63, 3.8) is 0 Å². The Morgan fingerprint density at radius 2 is 1.45 bits per heavy atom. The van der Waals surface area contributed by atoms with Gasteiger partial charge < -0.3 is 4.74 Å². The number of rotatable bonds is 4. The smallest absolute Gasteiger partial charge is 0.205 e. The van der Waals surface area contributed by atoms with Crippen molar-refractivity contribution in [2.24, 2.45) is 0 Å². The zero-order valence-electron chi connectivity index (χ0n) is 11.2. The molecule has 0 bridgehead atoms. The van der Waals surface area contributed by atoms with Crippen molar-refractivity contribution in [2.75, 3.05) is 6.26 Å². The van der Waals surface area contributed by atoms with E-state index in [2.05, 4.69) is 0 Å². The molecule has 2 rings (SSSR count). The fraction of sp³-hybridized carbons (Fsp3) is 0.143. The third kappa shape index (κ3) is 3.06. The molecule has 0 aromatic heterocycles. The molecule has 0 fully saturated rings. The zero-order chi connectivity index (χ0) is 16.5. The zero-order valence-corrected chi connectivity index (χ0v) is 12.1. The Bertz CT molecular complexity index is 805. The van der Waals surface area contributed by atoms with Gasteiger partial charge in [0.2, 0.25) is 11.6 Å². The second-order valence-electron chi connectivity index (χ2n) is 4.46. The quantitative estimate of drug-likeness (QED) is 0.373. The van der Waals surface area contributed by atoms with Gasteiger partial charge in [-0.15, -0.1) is 0 Å². The summed E-state index contributed by atoms with van der Waals surface area (Å²) in [7, 11) is -4.38. The molecule has 0 aliphatic carbocycles. The van der Waals surface area contributed by atoms with Gasteiger partial charge in [-0.3, -0.25) is 0 Å². The number of hydrogen-bond acceptors (Lipinski definition) is 3. The van der Waals surface area contributed by atoms with E-state index in [9.17, 15) is 26.0 Å². The van der Waals surface area contributed by atoms with Gasteiger partial charge in [0.1, 0.15) is 6.61 Å². The van der Waals surface area contributed by atoms with Gasteiger partial charge in [-0.2, -0.15) is 4.39 Å². The number of ether oxygens (including phenoxy) is 1. The second-order valence-corrected chi connectivity index (χ2v) is 6.41. The highest BCUT2D eigenvalue weighted by Gasteiger charge is 2.32. The SMILES string of the molecule is CS(=O)(=O)c1c(F)c(F)c(F)c(F)c1OCc1ccccc1. The Kier molecular flexibility index (Phi) is 4.41. The van der Waals surface area contributed by atoms with Crippen LogP contribution in [0.4, 0.5) is 17.6 Å². The van der Waals surface area contributed by atoms with Crippen molar-refractivity contribution in [1.82, 2.24) is 0 Å². The summed E-state index contributed by atoms with van der Waals surface area (Å²) >= 11 is 0. The van der Waals surface area contributed by atoms with E-state index in [0.29, 0.717) is 11.8 Å². The lowest BCUT2D eigenvalue weighted by molar-refractivity contribution is 0.264. The molecule has 0 radical (unpaired) electrons. The van der Waals surface area contributed by atoms with Crippen molar-refractivity contribution < 1.29 is 30.7 Å². The average Bonchev–Trinajstić information content (AvgIpc) is 2.47. The first-order chi connectivity index (χ1) is 10.2. The first kappa shape index (κ1) is 16.3. The van der Waals surface area contributed by atoms with Gasteiger partial charge in [-0.25, -0.2) is 21.6 Å². The van der Waals surface area contributed by atoms with Crippen LogP contribution in [-0.4, -0.2) is 14.7 Å². The molecule has 22 heavy (non-hydrogen) atoms. The van der Waals surface area contributed by atoms with Crippen LogP contribution in [0.1, 0.15) is 5.56 Å². The van der Waals surface area contributed by atoms with Crippen LogP contribution in [0, 0.1) is 23.3 Å². The maximum atomic E-state index is 13.8. The summed E-state index contributed by atoms with van der Waals surface area (Å²) in [6.07, 6.45) is 0.539. The van der Waals surface area contributed by atoms with Gasteiger partial charge in [-0.1, -0.05) is 30.3 Å². The molecule has 0 unspecified atom stereocenters. The molecule has 0 saturated heterocycles. The number of halogens is 4. The molecule has 0 atom stereocenters. The number of benzene rings is 2. The van der Waals surface area contributed by atoms with Gasteiger partial charge in [0, 0.05) is 6.26 Å². The molecule has 2 aromatic rings. The Morgan fingerprint density at radius 3 is 2.00 bits per heavy atom. The standard InChI is InChI=1S/C14H10F4O3S/c1-22(19,20)14-12(18)10(16)9(15)11(17)13(14)21-7-8-5-3-2-4-6-8/h2-6H,7H2,1H3. The maximum absolute atomic E-state index is 13.8. The lowest BCUT2D eigenvalue weighted by Crippen LogP contribution is -2.12. The van der Waals surface area contributed by atoms with E-state index in [1.165, 1.54) is 0 Å². The van der Waals surface area contributed by atoms with Gasteiger partial charge in [0.05, 0.1) is 0 Å². The van der Waals surface area contributed by atoms with E-state index in [-0.39, 0.29) is 6.61 Å². The summed E-state index contributed by atoms with van der Waals surface area (Å²) in [5.41, 5.74) is 0.506. The molecular formula is C14H10F4O3S. The Labute approximate surface area is 124 Å². The van der Waals surface area contributed by atoms with E-state index in [1.807, 2.05) is 0 Å². The van der Waals surface area contributed by atoms with Crippen LogP contribution in [-0.2, 0) is 16.4 Å². The summed E-state index contributed by atoms with van der Waals surface area (Å²) in [5, 5.41) is 0. The molecule has 0 amide bonds. The van der Waals surface area contributed by atoms with Gasteiger partial charge in [0.25, 0.3) is 0 Å². The van der Waals surface area contributed by atoms with Gasteiger partial charge in [0.15, 0.2) is 32.1 Å². The largest absolute Gasteiger partial charge is 0.484 e. The van der Waals surface area contributed by atoms with Crippen LogP contribution in [0.2, 0.25) is 0 Å². The topological polar surface area (TPSA) is 43.4 Å². The molecule has 3 nitrogen and oxygen atoms in total. The van der Waals surface area contributed by atoms with Crippen LogP contribution in [0.3, 0.4) is 0 Å². The van der Waals surface area contributed by atoms with Crippen molar-refractivity contribution in [2.45, 2.75) is 11.5 Å². The Balaban J connectivity index is 2.54. The predicted molar refractivity (Wildman–Crippen MR) is 70.2 cm³/mol. The molecule has 0 aliphatic heterocycles. The minimum absolute atomic E-state index is 0.342. The van der Waals surface area contributed by atoms with E-state index < -0.39 is 43.8 Å². The molecule has 2 aromatic carbocycles. The molecule has 118 valence electrons. The average molecular weight is 334 g/mol. The molecule has 0 aliphatic rings. The summed E-state index contributed by atoms with van der Waals surface area (Å²) in [6, 6.07) is 8.13.